The van der Waals surface area contributed by atoms with E-state index in [0.717, 1.165) is 25.9 Å². The zero-order valence-corrected chi connectivity index (χ0v) is 14.4. The van der Waals surface area contributed by atoms with Crippen LogP contribution in [0.2, 0.25) is 0 Å². The third kappa shape index (κ3) is 3.60. The van der Waals surface area contributed by atoms with E-state index < -0.39 is 11.5 Å². The van der Waals surface area contributed by atoms with Gasteiger partial charge in [0, 0.05) is 27.1 Å². The molecule has 134 valence electrons. The molecule has 1 N–H and O–H groups in total. The summed E-state index contributed by atoms with van der Waals surface area (Å²) in [6.45, 7) is 3.20. The van der Waals surface area contributed by atoms with Crippen molar-refractivity contribution < 1.29 is 19.2 Å². The monoisotopic (exact) mass is 338 g/mol. The first-order valence-corrected chi connectivity index (χ1v) is 8.49. The lowest BCUT2D eigenvalue weighted by Gasteiger charge is -2.46. The van der Waals surface area contributed by atoms with Crippen molar-refractivity contribution in [1.29, 1.82) is 0 Å². The maximum atomic E-state index is 12.6. The van der Waals surface area contributed by atoms with E-state index >= 15 is 0 Å². The molecule has 2 fully saturated rings. The predicted octanol–water partition coefficient (Wildman–Crippen LogP) is 0.0637. The van der Waals surface area contributed by atoms with Crippen molar-refractivity contribution in [2.24, 2.45) is 5.41 Å². The Kier molecular flexibility index (Phi) is 5.17. The molecule has 0 radical (unpaired) electrons. The molecular formula is C16H26N4O4. The van der Waals surface area contributed by atoms with Crippen LogP contribution in [0.25, 0.3) is 0 Å². The van der Waals surface area contributed by atoms with Crippen LogP contribution in [0.4, 0.5) is 0 Å². The van der Waals surface area contributed by atoms with Gasteiger partial charge in [0.1, 0.15) is 0 Å². The van der Waals surface area contributed by atoms with Gasteiger partial charge in [-0.05, 0) is 32.4 Å². The van der Waals surface area contributed by atoms with Crippen molar-refractivity contribution in [2.45, 2.75) is 38.3 Å². The normalized spacial score (nSPS) is 24.7. The van der Waals surface area contributed by atoms with Crippen molar-refractivity contribution in [2.75, 3.05) is 40.4 Å². The number of aliphatic hydroxyl groups excluding tert-OH is 1. The molecule has 3 rings (SSSR count). The average molecular weight is 338 g/mol. The Labute approximate surface area is 141 Å². The Morgan fingerprint density at radius 2 is 2.17 bits per heavy atom. The first-order chi connectivity index (χ1) is 11.5. The lowest BCUT2D eigenvalue weighted by Crippen LogP contribution is -2.56. The summed E-state index contributed by atoms with van der Waals surface area (Å²) in [5, 5.41) is 14.0. The van der Waals surface area contributed by atoms with Gasteiger partial charge in [-0.15, -0.1) is 0 Å². The molecule has 3 heterocycles. The Bertz CT molecular complexity index is 568. The lowest BCUT2D eigenvalue weighted by atomic mass is 9.71. The number of piperidine rings is 2. The van der Waals surface area contributed by atoms with Gasteiger partial charge in [0.05, 0.1) is 24.7 Å². The maximum absolute atomic E-state index is 12.6. The van der Waals surface area contributed by atoms with Gasteiger partial charge < -0.3 is 19.3 Å². The molecule has 1 aromatic heterocycles. The number of aliphatic hydroxyl groups is 1. The Balaban J connectivity index is 1.55. The Morgan fingerprint density at radius 3 is 2.88 bits per heavy atom. The van der Waals surface area contributed by atoms with Crippen LogP contribution in [0.1, 0.15) is 31.0 Å². The molecule has 2 aliphatic heterocycles. The molecule has 1 unspecified atom stereocenters. The number of hydrogen-bond acceptors (Lipinski definition) is 7. The molecule has 0 aliphatic carbocycles. The molecule has 8 nitrogen and oxygen atoms in total. The molecule has 1 spiro atoms. The van der Waals surface area contributed by atoms with Crippen LogP contribution < -0.4 is 0 Å². The minimum atomic E-state index is -0.418. The van der Waals surface area contributed by atoms with Gasteiger partial charge >= 0.3 is 0 Å². The maximum Gasteiger partial charge on any atom is 0.240 e. The smallest absolute Gasteiger partial charge is 0.240 e. The van der Waals surface area contributed by atoms with E-state index in [-0.39, 0.29) is 5.91 Å². The molecule has 24 heavy (non-hydrogen) atoms. The molecule has 2 saturated heterocycles. The standard InChI is InChI=1S/C16H26N4O4/c1-19-10-12(21)9-16(15(19)22)4-6-20(7-5-16)11-14-17-13(18-24-14)3-8-23-2/h12,21H,3-11H2,1-2H3. The van der Waals surface area contributed by atoms with Crippen LogP contribution in [0.5, 0.6) is 0 Å². The minimum Gasteiger partial charge on any atom is -0.391 e. The fourth-order valence-electron chi connectivity index (χ4n) is 3.80. The number of methoxy groups -OCH3 is 1. The van der Waals surface area contributed by atoms with Crippen LogP contribution in [0.3, 0.4) is 0 Å². The van der Waals surface area contributed by atoms with Gasteiger partial charge in [-0.1, -0.05) is 5.16 Å². The molecule has 1 amide bonds. The number of rotatable bonds is 5. The number of β-amino-alcohol motifs (C(OH)–C–C–N with tert-alkyl or cyclic N) is 1. The number of carbonyl (C=O) groups is 1. The highest BCUT2D eigenvalue weighted by molar-refractivity contribution is 5.83. The van der Waals surface area contributed by atoms with Gasteiger partial charge in [0.25, 0.3) is 0 Å². The average Bonchev–Trinajstić information content (AvgIpc) is 3.00. The zero-order valence-electron chi connectivity index (χ0n) is 14.4. The highest BCUT2D eigenvalue weighted by Crippen LogP contribution is 2.40. The SMILES string of the molecule is COCCc1noc(CN2CCC3(CC2)CC(O)CN(C)C3=O)n1. The summed E-state index contributed by atoms with van der Waals surface area (Å²) in [6.07, 6.45) is 2.32. The first-order valence-electron chi connectivity index (χ1n) is 8.49. The third-order valence-electron chi connectivity index (χ3n) is 5.12. The van der Waals surface area contributed by atoms with Gasteiger partial charge in [-0.25, -0.2) is 0 Å². The quantitative estimate of drug-likeness (QED) is 0.812. The second-order valence-corrected chi connectivity index (χ2v) is 6.95. The van der Waals surface area contributed by atoms with Crippen molar-refractivity contribution in [3.63, 3.8) is 0 Å². The van der Waals surface area contributed by atoms with E-state index in [9.17, 15) is 9.90 Å². The van der Waals surface area contributed by atoms with Crippen molar-refractivity contribution >= 4 is 5.91 Å². The van der Waals surface area contributed by atoms with E-state index in [1.165, 1.54) is 0 Å². The third-order valence-corrected chi connectivity index (χ3v) is 5.12. The number of likely N-dealkylation sites (N-methyl/N-ethyl adjacent to an activating group) is 1. The topological polar surface area (TPSA) is 91.9 Å². The van der Waals surface area contributed by atoms with Crippen LogP contribution in [0, 0.1) is 5.41 Å². The largest absolute Gasteiger partial charge is 0.391 e. The number of aromatic nitrogens is 2. The summed E-state index contributed by atoms with van der Waals surface area (Å²) in [4.78, 5) is 20.8. The van der Waals surface area contributed by atoms with E-state index in [1.54, 1.807) is 19.1 Å². The van der Waals surface area contributed by atoms with Crippen LogP contribution in [0.15, 0.2) is 4.52 Å². The second-order valence-electron chi connectivity index (χ2n) is 6.95. The first kappa shape index (κ1) is 17.3. The van der Waals surface area contributed by atoms with Crippen molar-refractivity contribution in [3.05, 3.63) is 11.7 Å². The lowest BCUT2D eigenvalue weighted by molar-refractivity contribution is -0.154. The second kappa shape index (κ2) is 7.16. The van der Waals surface area contributed by atoms with Gasteiger partial charge in [-0.2, -0.15) is 4.98 Å². The molecular weight excluding hydrogens is 312 g/mol. The number of likely N-dealkylation sites (tertiary alicyclic amines) is 2. The van der Waals surface area contributed by atoms with E-state index in [0.29, 0.717) is 44.3 Å². The molecule has 2 aliphatic rings. The molecule has 0 bridgehead atoms. The molecule has 0 aromatic carbocycles. The van der Waals surface area contributed by atoms with Crippen LogP contribution in [-0.2, 0) is 22.5 Å². The number of ether oxygens (including phenoxy) is 1. The Morgan fingerprint density at radius 1 is 1.42 bits per heavy atom. The minimum absolute atomic E-state index is 0.173. The summed E-state index contributed by atoms with van der Waals surface area (Å²) in [6, 6.07) is 0. The van der Waals surface area contributed by atoms with Gasteiger partial charge in [0.2, 0.25) is 11.8 Å². The van der Waals surface area contributed by atoms with E-state index in [2.05, 4.69) is 15.0 Å². The highest BCUT2D eigenvalue weighted by atomic mass is 16.5. The Hall–Kier alpha value is -1.51. The molecule has 8 heteroatoms. The fraction of sp³-hybridized carbons (Fsp3) is 0.812. The summed E-state index contributed by atoms with van der Waals surface area (Å²) < 4.78 is 10.3. The van der Waals surface area contributed by atoms with Gasteiger partial charge in [-0.3, -0.25) is 9.69 Å². The molecule has 1 atom stereocenters. The van der Waals surface area contributed by atoms with Crippen molar-refractivity contribution in [1.82, 2.24) is 19.9 Å². The van der Waals surface area contributed by atoms with E-state index in [1.807, 2.05) is 0 Å². The summed E-state index contributed by atoms with van der Waals surface area (Å²) >= 11 is 0. The summed E-state index contributed by atoms with van der Waals surface area (Å²) in [7, 11) is 3.42. The molecule has 1 aromatic rings. The van der Waals surface area contributed by atoms with Gasteiger partial charge in [0.15, 0.2) is 5.82 Å². The number of hydrogen-bond donors (Lipinski definition) is 1. The molecule has 0 saturated carbocycles. The van der Waals surface area contributed by atoms with E-state index in [4.69, 9.17) is 9.26 Å². The predicted molar refractivity (Wildman–Crippen MR) is 85.1 cm³/mol. The van der Waals surface area contributed by atoms with Crippen LogP contribution >= 0.6 is 0 Å². The number of nitrogens with zero attached hydrogens (tertiary/aromatic N) is 4. The fourth-order valence-corrected chi connectivity index (χ4v) is 3.80. The van der Waals surface area contributed by atoms with Crippen LogP contribution in [-0.4, -0.2) is 77.5 Å². The van der Waals surface area contributed by atoms with Crippen molar-refractivity contribution in [3.8, 4) is 0 Å². The zero-order chi connectivity index (χ0) is 17.2. The number of amides is 1. The highest BCUT2D eigenvalue weighted by Gasteiger charge is 2.47. The summed E-state index contributed by atoms with van der Waals surface area (Å²) in [5.41, 5.74) is -0.401. The summed E-state index contributed by atoms with van der Waals surface area (Å²) in [5.74, 6) is 1.43. The number of carbonyl (C=O) groups excluding carboxylic acids is 1.